The number of aryl methyl sites for hydroxylation is 1. The third kappa shape index (κ3) is 2.33. The van der Waals surface area contributed by atoms with E-state index in [1.54, 1.807) is 18.2 Å². The first-order valence-corrected chi connectivity index (χ1v) is 12.4. The summed E-state index contributed by atoms with van der Waals surface area (Å²) in [6.07, 6.45) is 3.39. The molecule has 3 heterocycles. The third-order valence-corrected chi connectivity index (χ3v) is 9.31. The van der Waals surface area contributed by atoms with Gasteiger partial charge in [-0.15, -0.1) is 6.58 Å². The average Bonchev–Trinajstić information content (AvgIpc) is 3.30. The lowest BCUT2D eigenvalue weighted by Gasteiger charge is -2.64. The number of amides is 2. The maximum Gasteiger partial charge on any atom is 0.261 e. The molecule has 5 atom stereocenters. The first-order valence-electron chi connectivity index (χ1n) is 12.4. The molecule has 5 aliphatic rings. The van der Waals surface area contributed by atoms with Crippen LogP contribution in [0.5, 0.6) is 11.5 Å². The molecule has 3 aliphatic heterocycles. The van der Waals surface area contributed by atoms with E-state index >= 15 is 0 Å². The number of nitrogens with zero attached hydrogens (tertiary/aromatic N) is 2. The van der Waals surface area contributed by atoms with Crippen molar-refractivity contribution in [3.05, 3.63) is 70.8 Å². The number of benzene rings is 2. The number of imide groups is 1. The number of carbonyl (C=O) groups is 2. The molecule has 35 heavy (non-hydrogen) atoms. The van der Waals surface area contributed by atoms with Crippen molar-refractivity contribution in [2.75, 3.05) is 13.1 Å². The molecule has 1 unspecified atom stereocenters. The molecule has 2 amide bonds. The highest BCUT2D eigenvalue weighted by atomic mass is 16.5. The monoisotopic (exact) mass is 472 g/mol. The second-order valence-electron chi connectivity index (χ2n) is 10.8. The summed E-state index contributed by atoms with van der Waals surface area (Å²) in [7, 11) is 0. The van der Waals surface area contributed by atoms with Crippen molar-refractivity contribution in [2.45, 2.75) is 61.8 Å². The van der Waals surface area contributed by atoms with Gasteiger partial charge in [0, 0.05) is 18.2 Å². The molecular formula is C28H28N2O5. The number of fused-ring (bicyclic) bond motifs is 1. The number of ether oxygens (including phenoxy) is 1. The highest BCUT2D eigenvalue weighted by Crippen LogP contribution is 2.66. The van der Waals surface area contributed by atoms with Crippen molar-refractivity contribution in [1.82, 2.24) is 9.80 Å². The van der Waals surface area contributed by atoms with Crippen LogP contribution in [-0.4, -0.2) is 68.7 Å². The van der Waals surface area contributed by atoms with Crippen LogP contribution in [0, 0.1) is 6.92 Å². The lowest BCUT2D eigenvalue weighted by atomic mass is 9.48. The Morgan fingerprint density at radius 2 is 1.97 bits per heavy atom. The van der Waals surface area contributed by atoms with Crippen molar-refractivity contribution in [2.24, 2.45) is 0 Å². The molecule has 180 valence electrons. The van der Waals surface area contributed by atoms with Crippen LogP contribution in [-0.2, 0) is 11.8 Å². The summed E-state index contributed by atoms with van der Waals surface area (Å²) in [5, 5.41) is 23.3. The van der Waals surface area contributed by atoms with E-state index in [-0.39, 0.29) is 23.6 Å². The minimum atomic E-state index is -1.10. The fourth-order valence-electron chi connectivity index (χ4n) is 7.93. The Balaban J connectivity index is 1.39. The quantitative estimate of drug-likeness (QED) is 0.528. The van der Waals surface area contributed by atoms with Gasteiger partial charge >= 0.3 is 0 Å². The van der Waals surface area contributed by atoms with Gasteiger partial charge in [-0.2, -0.15) is 0 Å². The van der Waals surface area contributed by atoms with Crippen molar-refractivity contribution in [3.8, 4) is 11.5 Å². The summed E-state index contributed by atoms with van der Waals surface area (Å²) in [6, 6.07) is 8.26. The zero-order valence-electron chi connectivity index (χ0n) is 19.7. The van der Waals surface area contributed by atoms with E-state index < -0.39 is 23.2 Å². The van der Waals surface area contributed by atoms with E-state index in [9.17, 15) is 19.8 Å². The molecule has 0 radical (unpaired) electrons. The number of rotatable bonds is 3. The number of carbonyl (C=O) groups excluding carboxylic acids is 2. The lowest BCUT2D eigenvalue weighted by Crippen LogP contribution is -2.78. The van der Waals surface area contributed by atoms with Gasteiger partial charge in [0.15, 0.2) is 11.5 Å². The zero-order valence-corrected chi connectivity index (χ0v) is 19.7. The number of likely N-dealkylation sites (tertiary alicyclic amines) is 1. The molecule has 2 aromatic carbocycles. The fraction of sp³-hybridized carbons (Fsp3) is 0.429. The number of hydrogen-bond donors (Lipinski definition) is 2. The van der Waals surface area contributed by atoms with E-state index in [1.807, 2.05) is 25.1 Å². The standard InChI is InChI=1S/C28H28N2O5/c1-3-11-29-12-10-27-22-16-5-7-20(31)23(22)35-24(27)19(8-9-28(27,34)21(29)14-16)30-25(32)17-6-4-15(2)13-18(17)26(30)33/h3-7,13,19,21,24,31,34H,1,8-12,14H2,2H3/t19?,21-,24+,27+,28-/m1/s1. The smallest absolute Gasteiger partial charge is 0.261 e. The fourth-order valence-corrected chi connectivity index (χ4v) is 7.93. The molecule has 2 aliphatic carbocycles. The molecular weight excluding hydrogens is 444 g/mol. The van der Waals surface area contributed by atoms with Gasteiger partial charge in [-0.05, 0) is 62.9 Å². The summed E-state index contributed by atoms with van der Waals surface area (Å²) >= 11 is 0. The van der Waals surface area contributed by atoms with Gasteiger partial charge in [0.25, 0.3) is 11.8 Å². The Labute approximate surface area is 203 Å². The van der Waals surface area contributed by atoms with Gasteiger partial charge in [-0.1, -0.05) is 23.8 Å². The molecule has 2 bridgehead atoms. The molecule has 2 N–H and O–H groups in total. The molecule has 7 nitrogen and oxygen atoms in total. The van der Waals surface area contributed by atoms with Crippen LogP contribution in [0.25, 0.3) is 0 Å². The van der Waals surface area contributed by atoms with Crippen LogP contribution in [0.2, 0.25) is 0 Å². The van der Waals surface area contributed by atoms with Gasteiger partial charge in [0.05, 0.1) is 28.2 Å². The number of phenols is 1. The molecule has 7 rings (SSSR count). The van der Waals surface area contributed by atoms with Gasteiger partial charge < -0.3 is 14.9 Å². The van der Waals surface area contributed by atoms with E-state index in [4.69, 9.17) is 4.74 Å². The van der Waals surface area contributed by atoms with Gasteiger partial charge in [-0.25, -0.2) is 0 Å². The average molecular weight is 473 g/mol. The van der Waals surface area contributed by atoms with Crippen LogP contribution < -0.4 is 4.74 Å². The summed E-state index contributed by atoms with van der Waals surface area (Å²) in [4.78, 5) is 30.7. The van der Waals surface area contributed by atoms with Crippen LogP contribution in [0.1, 0.15) is 56.7 Å². The Morgan fingerprint density at radius 3 is 2.77 bits per heavy atom. The normalized spacial score (nSPS) is 34.5. The van der Waals surface area contributed by atoms with Gasteiger partial charge in [-0.3, -0.25) is 19.4 Å². The van der Waals surface area contributed by atoms with E-state index in [1.165, 1.54) is 4.90 Å². The van der Waals surface area contributed by atoms with Crippen molar-refractivity contribution in [1.29, 1.82) is 0 Å². The van der Waals surface area contributed by atoms with Crippen LogP contribution in [0.3, 0.4) is 0 Å². The number of aliphatic hydroxyl groups is 1. The molecule has 2 aromatic rings. The number of hydrogen-bond acceptors (Lipinski definition) is 6. The van der Waals surface area contributed by atoms with Crippen LogP contribution in [0.15, 0.2) is 43.0 Å². The third-order valence-electron chi connectivity index (χ3n) is 9.31. The number of piperidine rings is 1. The summed E-state index contributed by atoms with van der Waals surface area (Å²) in [6.45, 7) is 7.23. The van der Waals surface area contributed by atoms with Gasteiger partial charge in [0.2, 0.25) is 0 Å². The van der Waals surface area contributed by atoms with E-state index in [2.05, 4.69) is 11.5 Å². The minimum absolute atomic E-state index is 0.0404. The van der Waals surface area contributed by atoms with Crippen LogP contribution >= 0.6 is 0 Å². The Bertz CT molecular complexity index is 1340. The van der Waals surface area contributed by atoms with E-state index in [0.717, 1.165) is 23.2 Å². The van der Waals surface area contributed by atoms with Crippen molar-refractivity contribution in [3.63, 3.8) is 0 Å². The largest absolute Gasteiger partial charge is 0.504 e. The van der Waals surface area contributed by atoms with Crippen LogP contribution in [0.4, 0.5) is 0 Å². The van der Waals surface area contributed by atoms with Gasteiger partial charge in [0.1, 0.15) is 6.10 Å². The SMILES string of the molecule is C=CCN1CC[C@]23c4c5ccc(O)c4O[C@H]2C(N2C(=O)c4ccc(C)cc4C2=O)CC[C@@]3(O)[C@H]1C5. The van der Waals surface area contributed by atoms with E-state index in [0.29, 0.717) is 49.1 Å². The highest BCUT2D eigenvalue weighted by Gasteiger charge is 2.74. The summed E-state index contributed by atoms with van der Waals surface area (Å²) < 4.78 is 6.52. The second kappa shape index (κ2) is 6.74. The molecule has 7 heteroatoms. The Morgan fingerprint density at radius 1 is 1.17 bits per heavy atom. The molecule has 2 fully saturated rings. The zero-order chi connectivity index (χ0) is 24.3. The predicted molar refractivity (Wildman–Crippen MR) is 128 cm³/mol. The lowest BCUT2D eigenvalue weighted by molar-refractivity contribution is -0.194. The molecule has 1 spiro atoms. The second-order valence-corrected chi connectivity index (χ2v) is 10.8. The summed E-state index contributed by atoms with van der Waals surface area (Å²) in [5.41, 5.74) is 1.79. The summed E-state index contributed by atoms with van der Waals surface area (Å²) in [5.74, 6) is -0.169. The Hall–Kier alpha value is -3.16. The topological polar surface area (TPSA) is 90.3 Å². The maximum atomic E-state index is 13.6. The van der Waals surface area contributed by atoms with Crippen molar-refractivity contribution < 1.29 is 24.5 Å². The number of aromatic hydroxyl groups is 1. The predicted octanol–water partition coefficient (Wildman–Crippen LogP) is 2.71. The molecule has 0 aromatic heterocycles. The molecule has 1 saturated heterocycles. The number of phenolic OH excluding ortho intramolecular Hbond substituents is 1. The highest BCUT2D eigenvalue weighted by molar-refractivity contribution is 6.21. The minimum Gasteiger partial charge on any atom is -0.504 e. The van der Waals surface area contributed by atoms with Crippen molar-refractivity contribution >= 4 is 11.8 Å². The molecule has 1 saturated carbocycles. The first kappa shape index (κ1) is 21.1. The Kier molecular flexibility index (Phi) is 4.07. The first-order chi connectivity index (χ1) is 16.8. The maximum absolute atomic E-state index is 13.6.